The highest BCUT2D eigenvalue weighted by molar-refractivity contribution is 5.45. The van der Waals surface area contributed by atoms with Crippen molar-refractivity contribution in [2.75, 3.05) is 50.1 Å². The maximum absolute atomic E-state index is 13.1. The van der Waals surface area contributed by atoms with E-state index in [-0.39, 0.29) is 11.8 Å². The summed E-state index contributed by atoms with van der Waals surface area (Å²) in [5.41, 5.74) is -0.880. The van der Waals surface area contributed by atoms with Crippen molar-refractivity contribution in [3.8, 4) is 0 Å². The number of anilines is 2. The Kier molecular flexibility index (Phi) is 4.85. The lowest BCUT2D eigenvalue weighted by atomic mass is 10.2. The third-order valence-corrected chi connectivity index (χ3v) is 4.89. The Hall–Kier alpha value is -1.57. The highest BCUT2D eigenvalue weighted by Crippen LogP contribution is 2.31. The SMILES string of the molecule is CN(C)c1cc(C(F)(F)F)nc(N2CCN(C3CCCC3)CC2)n1. The van der Waals surface area contributed by atoms with E-state index in [1.807, 2.05) is 4.90 Å². The van der Waals surface area contributed by atoms with Gasteiger partial charge in [-0.1, -0.05) is 12.8 Å². The van der Waals surface area contributed by atoms with Gasteiger partial charge in [-0.05, 0) is 12.8 Å². The van der Waals surface area contributed by atoms with Gasteiger partial charge in [0.1, 0.15) is 5.82 Å². The topological polar surface area (TPSA) is 35.5 Å². The monoisotopic (exact) mass is 343 g/mol. The average molecular weight is 343 g/mol. The van der Waals surface area contributed by atoms with E-state index in [0.717, 1.165) is 19.2 Å². The van der Waals surface area contributed by atoms with Gasteiger partial charge < -0.3 is 9.80 Å². The van der Waals surface area contributed by atoms with Crippen molar-refractivity contribution in [1.29, 1.82) is 0 Å². The second-order valence-electron chi connectivity index (χ2n) is 6.76. The van der Waals surface area contributed by atoms with Gasteiger partial charge in [0.05, 0.1) is 0 Å². The van der Waals surface area contributed by atoms with Gasteiger partial charge in [-0.15, -0.1) is 0 Å². The Morgan fingerprint density at radius 1 is 1.04 bits per heavy atom. The first-order valence-corrected chi connectivity index (χ1v) is 8.47. The molecule has 0 aromatic carbocycles. The molecule has 2 fully saturated rings. The van der Waals surface area contributed by atoms with Crippen molar-refractivity contribution in [2.24, 2.45) is 0 Å². The fourth-order valence-electron chi connectivity index (χ4n) is 3.49. The van der Waals surface area contributed by atoms with Gasteiger partial charge in [0, 0.05) is 52.4 Å². The molecule has 1 aliphatic carbocycles. The average Bonchev–Trinajstić information content (AvgIpc) is 3.08. The molecule has 1 saturated carbocycles. The molecule has 1 aliphatic heterocycles. The van der Waals surface area contributed by atoms with Crippen molar-refractivity contribution in [1.82, 2.24) is 14.9 Å². The summed E-state index contributed by atoms with van der Waals surface area (Å²) in [6.45, 7) is 3.07. The molecule has 3 rings (SSSR count). The summed E-state index contributed by atoms with van der Waals surface area (Å²) in [5.74, 6) is 0.463. The van der Waals surface area contributed by atoms with Crippen molar-refractivity contribution in [2.45, 2.75) is 37.9 Å². The number of aromatic nitrogens is 2. The summed E-state index contributed by atoms with van der Waals surface area (Å²) < 4.78 is 39.3. The van der Waals surface area contributed by atoms with Gasteiger partial charge in [0.15, 0.2) is 5.69 Å². The molecule has 1 aromatic heterocycles. The van der Waals surface area contributed by atoms with E-state index >= 15 is 0 Å². The van der Waals surface area contributed by atoms with Crippen LogP contribution < -0.4 is 9.80 Å². The molecule has 24 heavy (non-hydrogen) atoms. The molecule has 8 heteroatoms. The number of alkyl halides is 3. The van der Waals surface area contributed by atoms with Crippen molar-refractivity contribution >= 4 is 11.8 Å². The van der Waals surface area contributed by atoms with E-state index in [0.29, 0.717) is 19.1 Å². The van der Waals surface area contributed by atoms with Crippen LogP contribution in [-0.4, -0.2) is 61.2 Å². The molecule has 0 bridgehead atoms. The Labute approximate surface area is 140 Å². The highest BCUT2D eigenvalue weighted by atomic mass is 19.4. The lowest BCUT2D eigenvalue weighted by Gasteiger charge is -2.38. The van der Waals surface area contributed by atoms with Gasteiger partial charge in [-0.3, -0.25) is 4.90 Å². The van der Waals surface area contributed by atoms with Crippen LogP contribution in [0.3, 0.4) is 0 Å². The first-order valence-electron chi connectivity index (χ1n) is 8.47. The summed E-state index contributed by atoms with van der Waals surface area (Å²) in [6.07, 6.45) is 0.589. The lowest BCUT2D eigenvalue weighted by molar-refractivity contribution is -0.141. The number of rotatable bonds is 3. The van der Waals surface area contributed by atoms with Crippen LogP contribution in [0.5, 0.6) is 0 Å². The minimum atomic E-state index is -4.46. The van der Waals surface area contributed by atoms with E-state index in [4.69, 9.17) is 0 Å². The second kappa shape index (κ2) is 6.74. The van der Waals surface area contributed by atoms with E-state index in [1.165, 1.54) is 25.7 Å². The summed E-state index contributed by atoms with van der Waals surface area (Å²) >= 11 is 0. The molecule has 1 saturated heterocycles. The van der Waals surface area contributed by atoms with Crippen LogP contribution in [0.25, 0.3) is 0 Å². The Morgan fingerprint density at radius 3 is 2.21 bits per heavy atom. The van der Waals surface area contributed by atoms with E-state index in [2.05, 4.69) is 14.9 Å². The summed E-state index contributed by atoms with van der Waals surface area (Å²) in [7, 11) is 3.37. The first kappa shape index (κ1) is 17.3. The molecular formula is C16H24F3N5. The molecule has 0 unspecified atom stereocenters. The molecule has 0 N–H and O–H groups in total. The van der Waals surface area contributed by atoms with Crippen LogP contribution in [0.1, 0.15) is 31.4 Å². The molecule has 0 atom stereocenters. The second-order valence-corrected chi connectivity index (χ2v) is 6.76. The van der Waals surface area contributed by atoms with Crippen molar-refractivity contribution < 1.29 is 13.2 Å². The predicted molar refractivity (Wildman–Crippen MR) is 87.4 cm³/mol. The molecule has 0 radical (unpaired) electrons. The van der Waals surface area contributed by atoms with Crippen LogP contribution in [0, 0.1) is 0 Å². The van der Waals surface area contributed by atoms with Gasteiger partial charge in [-0.2, -0.15) is 18.2 Å². The van der Waals surface area contributed by atoms with Crippen LogP contribution in [0.4, 0.5) is 24.9 Å². The maximum Gasteiger partial charge on any atom is 0.433 e. The summed E-state index contributed by atoms with van der Waals surface area (Å²) in [5, 5.41) is 0. The molecule has 5 nitrogen and oxygen atoms in total. The van der Waals surface area contributed by atoms with Crippen LogP contribution >= 0.6 is 0 Å². The predicted octanol–water partition coefficient (Wildman–Crippen LogP) is 2.63. The normalized spacial score (nSPS) is 20.6. The van der Waals surface area contributed by atoms with Crippen LogP contribution in [0.15, 0.2) is 6.07 Å². The van der Waals surface area contributed by atoms with Crippen molar-refractivity contribution in [3.63, 3.8) is 0 Å². The molecule has 134 valence electrons. The van der Waals surface area contributed by atoms with E-state index in [9.17, 15) is 13.2 Å². The Morgan fingerprint density at radius 2 is 1.67 bits per heavy atom. The quantitative estimate of drug-likeness (QED) is 0.843. The van der Waals surface area contributed by atoms with E-state index < -0.39 is 11.9 Å². The van der Waals surface area contributed by atoms with E-state index in [1.54, 1.807) is 19.0 Å². The zero-order valence-corrected chi connectivity index (χ0v) is 14.2. The molecule has 2 aliphatic rings. The first-order chi connectivity index (χ1) is 11.3. The van der Waals surface area contributed by atoms with Gasteiger partial charge in [0.2, 0.25) is 5.95 Å². The molecular weight excluding hydrogens is 319 g/mol. The smallest absolute Gasteiger partial charge is 0.363 e. The molecule has 0 spiro atoms. The Bertz CT molecular complexity index is 561. The maximum atomic E-state index is 13.1. The minimum absolute atomic E-state index is 0.180. The number of halogens is 3. The van der Waals surface area contributed by atoms with Crippen molar-refractivity contribution in [3.05, 3.63) is 11.8 Å². The van der Waals surface area contributed by atoms with Crippen LogP contribution in [0.2, 0.25) is 0 Å². The summed E-state index contributed by atoms with van der Waals surface area (Å²) in [6, 6.07) is 1.64. The zero-order valence-electron chi connectivity index (χ0n) is 14.2. The Balaban J connectivity index is 1.75. The van der Waals surface area contributed by atoms with Gasteiger partial charge >= 0.3 is 6.18 Å². The molecule has 0 amide bonds. The third kappa shape index (κ3) is 3.74. The highest BCUT2D eigenvalue weighted by Gasteiger charge is 2.35. The number of hydrogen-bond acceptors (Lipinski definition) is 5. The molecule has 2 heterocycles. The molecule has 1 aromatic rings. The lowest BCUT2D eigenvalue weighted by Crippen LogP contribution is -2.50. The largest absolute Gasteiger partial charge is 0.433 e. The fourth-order valence-corrected chi connectivity index (χ4v) is 3.49. The fraction of sp³-hybridized carbons (Fsp3) is 0.750. The summed E-state index contributed by atoms with van der Waals surface area (Å²) in [4.78, 5) is 14.0. The minimum Gasteiger partial charge on any atom is -0.363 e. The standard InChI is InChI=1S/C16H24F3N5/c1-22(2)14-11-13(16(17,18)19)20-15(21-14)24-9-7-23(8-10-24)12-5-3-4-6-12/h11-12H,3-10H2,1-2H3. The van der Waals surface area contributed by atoms with Gasteiger partial charge in [-0.25, -0.2) is 4.98 Å². The third-order valence-electron chi connectivity index (χ3n) is 4.89. The number of nitrogens with zero attached hydrogens (tertiary/aromatic N) is 5. The zero-order chi connectivity index (χ0) is 17.3. The van der Waals surface area contributed by atoms with Gasteiger partial charge in [0.25, 0.3) is 0 Å². The van der Waals surface area contributed by atoms with Crippen LogP contribution in [-0.2, 0) is 6.18 Å². The number of piperazine rings is 1. The number of hydrogen-bond donors (Lipinski definition) is 0.